The summed E-state index contributed by atoms with van der Waals surface area (Å²) in [4.78, 5) is 2.50. The lowest BCUT2D eigenvalue weighted by Crippen LogP contribution is -2.50. The number of nitrogens with zero attached hydrogens (tertiary/aromatic N) is 1. The Morgan fingerprint density at radius 1 is 1.22 bits per heavy atom. The van der Waals surface area contributed by atoms with Crippen LogP contribution in [0, 0.1) is 0 Å². The van der Waals surface area contributed by atoms with Crippen LogP contribution in [0.4, 0.5) is 0 Å². The average Bonchev–Trinajstić information content (AvgIpc) is 2.31. The summed E-state index contributed by atoms with van der Waals surface area (Å²) in [6.45, 7) is 8.96. The van der Waals surface area contributed by atoms with E-state index in [4.69, 9.17) is 16.3 Å². The highest BCUT2D eigenvalue weighted by Gasteiger charge is 2.28. The number of piperidine rings is 1. The van der Waals surface area contributed by atoms with Gasteiger partial charge in [0.1, 0.15) is 11.9 Å². The van der Waals surface area contributed by atoms with Crippen molar-refractivity contribution in [3.8, 4) is 5.75 Å². The zero-order valence-electron chi connectivity index (χ0n) is 11.4. The summed E-state index contributed by atoms with van der Waals surface area (Å²) in [6, 6.07) is 7.64. The summed E-state index contributed by atoms with van der Waals surface area (Å²) in [6.07, 6.45) is 2.63. The minimum Gasteiger partial charge on any atom is -0.489 e. The molecule has 0 spiro atoms. The van der Waals surface area contributed by atoms with Crippen molar-refractivity contribution in [1.82, 2.24) is 4.90 Å². The lowest BCUT2D eigenvalue weighted by molar-refractivity contribution is 0.0347. The van der Waals surface area contributed by atoms with E-state index in [1.54, 1.807) is 0 Å². The molecule has 1 atom stereocenters. The highest BCUT2D eigenvalue weighted by Crippen LogP contribution is 2.24. The third-order valence-corrected chi connectivity index (χ3v) is 3.70. The molecule has 100 valence electrons. The Labute approximate surface area is 115 Å². The van der Waals surface area contributed by atoms with Crippen molar-refractivity contribution in [1.29, 1.82) is 0 Å². The zero-order chi connectivity index (χ0) is 13.2. The van der Waals surface area contributed by atoms with Crippen molar-refractivity contribution in [3.05, 3.63) is 29.3 Å². The second kappa shape index (κ2) is 5.50. The molecule has 0 amide bonds. The standard InChI is InChI=1S/C15H22ClNO/c1-15(2,3)17-10-4-5-14(11-17)18-13-8-6-12(16)7-9-13/h6-9,14H,4-5,10-11H2,1-3H3. The molecule has 1 aliphatic heterocycles. The van der Waals surface area contributed by atoms with Crippen LogP contribution in [0.25, 0.3) is 0 Å². The molecule has 0 N–H and O–H groups in total. The fourth-order valence-corrected chi connectivity index (χ4v) is 2.48. The van der Waals surface area contributed by atoms with E-state index in [1.807, 2.05) is 24.3 Å². The summed E-state index contributed by atoms with van der Waals surface area (Å²) in [5.74, 6) is 0.917. The number of benzene rings is 1. The second-order valence-corrected chi connectivity index (χ2v) is 6.39. The maximum Gasteiger partial charge on any atom is 0.119 e. The van der Waals surface area contributed by atoms with Crippen LogP contribution in [0.5, 0.6) is 5.75 Å². The van der Waals surface area contributed by atoms with Gasteiger partial charge in [0.05, 0.1) is 0 Å². The van der Waals surface area contributed by atoms with Gasteiger partial charge >= 0.3 is 0 Å². The van der Waals surface area contributed by atoms with E-state index in [0.717, 1.165) is 23.7 Å². The largest absolute Gasteiger partial charge is 0.489 e. The van der Waals surface area contributed by atoms with Crippen molar-refractivity contribution in [2.75, 3.05) is 13.1 Å². The fraction of sp³-hybridized carbons (Fsp3) is 0.600. The predicted molar refractivity (Wildman–Crippen MR) is 76.4 cm³/mol. The van der Waals surface area contributed by atoms with E-state index < -0.39 is 0 Å². The molecule has 1 unspecified atom stereocenters. The van der Waals surface area contributed by atoms with Gasteiger partial charge in [-0.2, -0.15) is 0 Å². The van der Waals surface area contributed by atoms with Gasteiger partial charge in [-0.1, -0.05) is 11.6 Å². The second-order valence-electron chi connectivity index (χ2n) is 5.95. The van der Waals surface area contributed by atoms with Crippen LogP contribution in [0.15, 0.2) is 24.3 Å². The molecule has 0 radical (unpaired) electrons. The molecular formula is C15H22ClNO. The Hall–Kier alpha value is -0.730. The van der Waals surface area contributed by atoms with Crippen LogP contribution in [-0.2, 0) is 0 Å². The van der Waals surface area contributed by atoms with Crippen LogP contribution >= 0.6 is 11.6 Å². The minimum atomic E-state index is 0.224. The molecule has 1 fully saturated rings. The van der Waals surface area contributed by atoms with Crippen LogP contribution in [0.3, 0.4) is 0 Å². The van der Waals surface area contributed by atoms with Crippen LogP contribution in [-0.4, -0.2) is 29.6 Å². The van der Waals surface area contributed by atoms with Crippen molar-refractivity contribution < 1.29 is 4.74 Å². The molecule has 18 heavy (non-hydrogen) atoms. The first-order valence-corrected chi connectivity index (χ1v) is 7.00. The molecular weight excluding hydrogens is 246 g/mol. The molecule has 2 rings (SSSR count). The molecule has 2 nitrogen and oxygen atoms in total. The zero-order valence-corrected chi connectivity index (χ0v) is 12.2. The molecule has 3 heteroatoms. The van der Waals surface area contributed by atoms with Gasteiger partial charge in [-0.15, -0.1) is 0 Å². The average molecular weight is 268 g/mol. The molecule has 1 aromatic carbocycles. The summed E-state index contributed by atoms with van der Waals surface area (Å²) in [5, 5.41) is 0.752. The predicted octanol–water partition coefficient (Wildman–Crippen LogP) is 3.98. The molecule has 1 aliphatic rings. The van der Waals surface area contributed by atoms with Crippen molar-refractivity contribution in [2.24, 2.45) is 0 Å². The van der Waals surface area contributed by atoms with Crippen molar-refractivity contribution in [2.45, 2.75) is 45.3 Å². The molecule has 1 heterocycles. The first-order valence-electron chi connectivity index (χ1n) is 6.62. The smallest absolute Gasteiger partial charge is 0.119 e. The van der Waals surface area contributed by atoms with E-state index in [-0.39, 0.29) is 5.54 Å². The maximum atomic E-state index is 6.04. The van der Waals surface area contributed by atoms with Gasteiger partial charge in [-0.25, -0.2) is 0 Å². The van der Waals surface area contributed by atoms with Crippen molar-refractivity contribution >= 4 is 11.6 Å². The van der Waals surface area contributed by atoms with E-state index in [0.29, 0.717) is 6.10 Å². The summed E-state index contributed by atoms with van der Waals surface area (Å²) in [5.41, 5.74) is 0.224. The Bertz CT molecular complexity index is 382. The van der Waals surface area contributed by atoms with Gasteiger partial charge in [0.15, 0.2) is 0 Å². The quantitative estimate of drug-likeness (QED) is 0.804. The first kappa shape index (κ1) is 13.7. The number of halogens is 1. The highest BCUT2D eigenvalue weighted by atomic mass is 35.5. The first-order chi connectivity index (χ1) is 8.45. The number of hydrogen-bond acceptors (Lipinski definition) is 2. The Morgan fingerprint density at radius 2 is 1.89 bits per heavy atom. The van der Waals surface area contributed by atoms with Gasteiger partial charge in [0.2, 0.25) is 0 Å². The number of likely N-dealkylation sites (tertiary alicyclic amines) is 1. The molecule has 0 aromatic heterocycles. The van der Waals surface area contributed by atoms with Crippen LogP contribution in [0.2, 0.25) is 5.02 Å². The topological polar surface area (TPSA) is 12.5 Å². The third kappa shape index (κ3) is 3.63. The number of ether oxygens (including phenoxy) is 1. The monoisotopic (exact) mass is 267 g/mol. The molecule has 0 saturated carbocycles. The summed E-state index contributed by atoms with van der Waals surface area (Å²) in [7, 11) is 0. The lowest BCUT2D eigenvalue weighted by atomic mass is 9.99. The Morgan fingerprint density at radius 3 is 2.50 bits per heavy atom. The normalized spacial score (nSPS) is 21.9. The number of rotatable bonds is 2. The fourth-order valence-electron chi connectivity index (χ4n) is 2.35. The van der Waals surface area contributed by atoms with E-state index in [1.165, 1.54) is 13.0 Å². The third-order valence-electron chi connectivity index (χ3n) is 3.44. The molecule has 0 bridgehead atoms. The minimum absolute atomic E-state index is 0.224. The molecule has 1 aromatic rings. The van der Waals surface area contributed by atoms with E-state index in [9.17, 15) is 0 Å². The lowest BCUT2D eigenvalue weighted by Gasteiger charge is -2.41. The maximum absolute atomic E-state index is 6.04. The van der Waals surface area contributed by atoms with Gasteiger partial charge in [0, 0.05) is 17.1 Å². The van der Waals surface area contributed by atoms with Crippen LogP contribution in [0.1, 0.15) is 33.6 Å². The van der Waals surface area contributed by atoms with E-state index in [2.05, 4.69) is 25.7 Å². The summed E-state index contributed by atoms with van der Waals surface area (Å²) >= 11 is 5.87. The molecule has 0 aliphatic carbocycles. The van der Waals surface area contributed by atoms with Gasteiger partial charge in [0.25, 0.3) is 0 Å². The SMILES string of the molecule is CC(C)(C)N1CCCC(Oc2ccc(Cl)cc2)C1. The highest BCUT2D eigenvalue weighted by molar-refractivity contribution is 6.30. The van der Waals surface area contributed by atoms with Crippen LogP contribution < -0.4 is 4.74 Å². The Kier molecular flexibility index (Phi) is 4.18. The number of hydrogen-bond donors (Lipinski definition) is 0. The Balaban J connectivity index is 1.95. The van der Waals surface area contributed by atoms with Crippen molar-refractivity contribution in [3.63, 3.8) is 0 Å². The van der Waals surface area contributed by atoms with Gasteiger partial charge in [-0.3, -0.25) is 4.90 Å². The van der Waals surface area contributed by atoms with Gasteiger partial charge < -0.3 is 4.74 Å². The summed E-state index contributed by atoms with van der Waals surface area (Å²) < 4.78 is 6.04. The molecule has 1 saturated heterocycles. The van der Waals surface area contributed by atoms with E-state index >= 15 is 0 Å². The van der Waals surface area contributed by atoms with Gasteiger partial charge in [-0.05, 0) is 64.4 Å².